The lowest BCUT2D eigenvalue weighted by atomic mass is 9.79. The normalized spacial score (nSPS) is 12.8. The van der Waals surface area contributed by atoms with Gasteiger partial charge in [0.05, 0.1) is 26.7 Å². The third-order valence-corrected chi connectivity index (χ3v) is 5.67. The molecule has 0 radical (unpaired) electrons. The quantitative estimate of drug-likeness (QED) is 0.417. The first-order chi connectivity index (χ1) is 15.7. The van der Waals surface area contributed by atoms with Crippen molar-refractivity contribution in [3.8, 4) is 11.5 Å². The first-order valence-electron chi connectivity index (χ1n) is 11.0. The Morgan fingerprint density at radius 1 is 0.875 bits per heavy atom. The molecule has 4 rings (SSSR count). The number of benzene rings is 3. The average Bonchev–Trinajstić information content (AvgIpc) is 2.84. The molecule has 0 spiro atoms. The van der Waals surface area contributed by atoms with Gasteiger partial charge >= 0.3 is 5.97 Å². The number of carbonyl (C=O) groups excluding carboxylic acids is 1. The van der Waals surface area contributed by atoms with Crippen molar-refractivity contribution < 1.29 is 19.0 Å². The van der Waals surface area contributed by atoms with Crippen molar-refractivity contribution in [1.29, 1.82) is 0 Å². The Balaban J connectivity index is 1.65. The molecule has 3 aromatic carbocycles. The highest BCUT2D eigenvalue weighted by atomic mass is 16.5. The summed E-state index contributed by atoms with van der Waals surface area (Å²) in [5, 5.41) is 0. The Labute approximate surface area is 189 Å². The minimum Gasteiger partial charge on any atom is -0.497 e. The summed E-state index contributed by atoms with van der Waals surface area (Å²) in [7, 11) is 1.71. The number of methoxy groups -OCH3 is 1. The van der Waals surface area contributed by atoms with Crippen LogP contribution in [0.3, 0.4) is 0 Å². The maximum atomic E-state index is 11.5. The zero-order valence-electron chi connectivity index (χ0n) is 18.6. The highest BCUT2D eigenvalue weighted by molar-refractivity contribution is 6.00. The minimum atomic E-state index is -0.240. The summed E-state index contributed by atoms with van der Waals surface area (Å²) in [6.07, 6.45) is 2.20. The van der Waals surface area contributed by atoms with E-state index < -0.39 is 0 Å². The molecule has 0 unspecified atom stereocenters. The van der Waals surface area contributed by atoms with Crippen molar-refractivity contribution >= 4 is 17.1 Å². The van der Waals surface area contributed by atoms with Crippen molar-refractivity contribution in [3.63, 3.8) is 0 Å². The van der Waals surface area contributed by atoms with Crippen LogP contribution in [0.15, 0.2) is 72.8 Å². The molecule has 1 aliphatic rings. The Morgan fingerprint density at radius 2 is 1.62 bits per heavy atom. The van der Waals surface area contributed by atoms with Crippen LogP contribution >= 0.6 is 0 Å². The molecule has 3 aromatic rings. The Morgan fingerprint density at radius 3 is 2.34 bits per heavy atom. The zero-order valence-corrected chi connectivity index (χ0v) is 18.6. The van der Waals surface area contributed by atoms with Crippen LogP contribution in [0.1, 0.15) is 42.0 Å². The lowest BCUT2D eigenvalue weighted by Gasteiger charge is -2.25. The predicted octanol–water partition coefficient (Wildman–Crippen LogP) is 5.93. The van der Waals surface area contributed by atoms with Crippen LogP contribution in [-0.2, 0) is 16.0 Å². The van der Waals surface area contributed by atoms with E-state index >= 15 is 0 Å². The van der Waals surface area contributed by atoms with Crippen molar-refractivity contribution in [1.82, 2.24) is 0 Å². The van der Waals surface area contributed by atoms with Gasteiger partial charge < -0.3 is 14.2 Å². The molecule has 4 nitrogen and oxygen atoms in total. The lowest BCUT2D eigenvalue weighted by Crippen LogP contribution is -2.09. The highest BCUT2D eigenvalue weighted by Gasteiger charge is 2.22. The summed E-state index contributed by atoms with van der Waals surface area (Å²) in [4.78, 5) is 11.5. The van der Waals surface area contributed by atoms with Crippen molar-refractivity contribution in [3.05, 3.63) is 95.1 Å². The van der Waals surface area contributed by atoms with E-state index in [2.05, 4.69) is 48.5 Å². The molecule has 0 amide bonds. The zero-order chi connectivity index (χ0) is 22.3. The van der Waals surface area contributed by atoms with Gasteiger partial charge in [0.1, 0.15) is 11.5 Å². The van der Waals surface area contributed by atoms with Gasteiger partial charge in [-0.1, -0.05) is 48.5 Å². The van der Waals surface area contributed by atoms with Gasteiger partial charge in [-0.3, -0.25) is 4.79 Å². The van der Waals surface area contributed by atoms with Crippen molar-refractivity contribution in [2.75, 3.05) is 20.3 Å². The molecule has 164 valence electrons. The van der Waals surface area contributed by atoms with E-state index in [1.807, 2.05) is 24.3 Å². The van der Waals surface area contributed by atoms with Gasteiger partial charge in [-0.15, -0.1) is 0 Å². The number of carbonyl (C=O) groups is 1. The second-order valence-corrected chi connectivity index (χ2v) is 7.67. The Hall–Kier alpha value is -3.53. The summed E-state index contributed by atoms with van der Waals surface area (Å²) in [5.41, 5.74) is 7.53. The summed E-state index contributed by atoms with van der Waals surface area (Å²) >= 11 is 0. The molecule has 0 aliphatic heterocycles. The smallest absolute Gasteiger partial charge is 0.309 e. The standard InChI is InChI=1S/C28H28O4/c1-3-31-27(29)17-18-32-23-12-9-21(10-13-23)28-25(20-7-5-4-6-8-20)15-11-22-19-24(30-2)14-16-26(22)28/h4-10,12-14,16,19H,3,11,15,17-18H2,1-2H3. The molecule has 0 fully saturated rings. The molecule has 1 aliphatic carbocycles. The molecule has 4 heteroatoms. The summed E-state index contributed by atoms with van der Waals surface area (Å²) in [6, 6.07) is 25.0. The van der Waals surface area contributed by atoms with Crippen molar-refractivity contribution in [2.45, 2.75) is 26.2 Å². The van der Waals surface area contributed by atoms with E-state index in [9.17, 15) is 4.79 Å². The van der Waals surface area contributed by atoms with Crippen LogP contribution in [-0.4, -0.2) is 26.3 Å². The van der Waals surface area contributed by atoms with Gasteiger partial charge in [-0.2, -0.15) is 0 Å². The van der Waals surface area contributed by atoms with Gasteiger partial charge in [0.15, 0.2) is 0 Å². The lowest BCUT2D eigenvalue weighted by molar-refractivity contribution is -0.143. The average molecular weight is 429 g/mol. The number of aryl methyl sites for hydroxylation is 1. The third-order valence-electron chi connectivity index (χ3n) is 5.67. The number of fused-ring (bicyclic) bond motifs is 1. The second-order valence-electron chi connectivity index (χ2n) is 7.67. The molecule has 0 bridgehead atoms. The van der Waals surface area contributed by atoms with Crippen LogP contribution in [0.25, 0.3) is 11.1 Å². The van der Waals surface area contributed by atoms with E-state index in [0.717, 1.165) is 29.9 Å². The number of hydrogen-bond donors (Lipinski definition) is 0. The largest absolute Gasteiger partial charge is 0.497 e. The van der Waals surface area contributed by atoms with Crippen LogP contribution in [0, 0.1) is 0 Å². The first kappa shape index (κ1) is 21.7. The summed E-state index contributed by atoms with van der Waals surface area (Å²) in [6.45, 7) is 2.49. The summed E-state index contributed by atoms with van der Waals surface area (Å²) < 4.78 is 16.1. The first-order valence-corrected chi connectivity index (χ1v) is 11.0. The molecular weight excluding hydrogens is 400 g/mol. The molecule has 32 heavy (non-hydrogen) atoms. The fourth-order valence-corrected chi connectivity index (χ4v) is 4.16. The van der Waals surface area contributed by atoms with Crippen LogP contribution in [0.5, 0.6) is 11.5 Å². The van der Waals surface area contributed by atoms with Crippen molar-refractivity contribution in [2.24, 2.45) is 0 Å². The predicted molar refractivity (Wildman–Crippen MR) is 127 cm³/mol. The van der Waals surface area contributed by atoms with Gasteiger partial charge in [0, 0.05) is 0 Å². The van der Waals surface area contributed by atoms with E-state index in [4.69, 9.17) is 14.2 Å². The monoisotopic (exact) mass is 428 g/mol. The van der Waals surface area contributed by atoms with Crippen LogP contribution in [0.2, 0.25) is 0 Å². The number of allylic oxidation sites excluding steroid dienone is 1. The maximum absolute atomic E-state index is 11.5. The van der Waals surface area contributed by atoms with Gasteiger partial charge in [0.2, 0.25) is 0 Å². The third kappa shape index (κ3) is 4.86. The topological polar surface area (TPSA) is 44.8 Å². The molecule has 0 atom stereocenters. The molecule has 0 heterocycles. The number of ether oxygens (including phenoxy) is 3. The fraction of sp³-hybridized carbons (Fsp3) is 0.250. The fourth-order valence-electron chi connectivity index (χ4n) is 4.16. The molecule has 0 N–H and O–H groups in total. The van der Waals surface area contributed by atoms with Gasteiger partial charge in [-0.25, -0.2) is 0 Å². The molecule has 0 aromatic heterocycles. The van der Waals surface area contributed by atoms with E-state index in [0.29, 0.717) is 13.2 Å². The number of rotatable bonds is 8. The molecule has 0 saturated heterocycles. The SMILES string of the molecule is CCOC(=O)CCOc1ccc(C2=C(c3ccccc3)CCc3cc(OC)ccc32)cc1. The molecular formula is C28H28O4. The number of hydrogen-bond acceptors (Lipinski definition) is 4. The van der Waals surface area contributed by atoms with Crippen LogP contribution < -0.4 is 9.47 Å². The Kier molecular flexibility index (Phi) is 6.90. The summed E-state index contributed by atoms with van der Waals surface area (Å²) in [5.74, 6) is 1.39. The minimum absolute atomic E-state index is 0.240. The number of esters is 1. The highest BCUT2D eigenvalue weighted by Crippen LogP contribution is 2.42. The van der Waals surface area contributed by atoms with E-state index in [1.165, 1.54) is 27.8 Å². The Bertz CT molecular complexity index is 1100. The van der Waals surface area contributed by atoms with E-state index in [1.54, 1.807) is 14.0 Å². The van der Waals surface area contributed by atoms with Gasteiger partial charge in [-0.05, 0) is 77.4 Å². The molecule has 0 saturated carbocycles. The van der Waals surface area contributed by atoms with E-state index in [-0.39, 0.29) is 12.4 Å². The van der Waals surface area contributed by atoms with Gasteiger partial charge in [0.25, 0.3) is 0 Å². The maximum Gasteiger partial charge on any atom is 0.309 e. The van der Waals surface area contributed by atoms with Crippen LogP contribution in [0.4, 0.5) is 0 Å². The second kappa shape index (κ2) is 10.2.